The van der Waals surface area contributed by atoms with E-state index in [0.717, 1.165) is 0 Å². The monoisotopic (exact) mass is 337 g/mol. The summed E-state index contributed by atoms with van der Waals surface area (Å²) in [4.78, 5) is 0. The van der Waals surface area contributed by atoms with Crippen LogP contribution in [0.3, 0.4) is 0 Å². The molecule has 0 amide bonds. The third-order valence-corrected chi connectivity index (χ3v) is 3.93. The first-order valence-corrected chi connectivity index (χ1v) is 7.51. The van der Waals surface area contributed by atoms with Crippen molar-refractivity contribution in [3.05, 3.63) is 51.8 Å². The Bertz CT molecular complexity index is 705. The standard InChI is InChI=1S/C17H14Cl2FNO/c1-22-17-11(5-2-3-8-21)9-12(20)10-13(17)16-14(18)6-4-7-15(16)19/h4,6-7,9-10H,2-3,5H2,1H3. The molecule has 0 bridgehead atoms. The van der Waals surface area contributed by atoms with Crippen molar-refractivity contribution in [1.29, 1.82) is 5.26 Å². The van der Waals surface area contributed by atoms with Gasteiger partial charge in [-0.15, -0.1) is 0 Å². The Hall–Kier alpha value is -1.76. The van der Waals surface area contributed by atoms with Gasteiger partial charge >= 0.3 is 0 Å². The lowest BCUT2D eigenvalue weighted by Crippen LogP contribution is -1.98. The van der Waals surface area contributed by atoms with Gasteiger partial charge in [0.15, 0.2) is 0 Å². The molecule has 0 radical (unpaired) electrons. The van der Waals surface area contributed by atoms with E-state index in [-0.39, 0.29) is 0 Å². The SMILES string of the molecule is COc1c(CCCC#N)cc(F)cc1-c1c(Cl)cccc1Cl. The van der Waals surface area contributed by atoms with Gasteiger partial charge in [0.1, 0.15) is 11.6 Å². The second-order valence-corrected chi connectivity index (χ2v) is 5.57. The quantitative estimate of drug-likeness (QED) is 0.660. The van der Waals surface area contributed by atoms with Crippen molar-refractivity contribution in [1.82, 2.24) is 0 Å². The van der Waals surface area contributed by atoms with E-state index >= 15 is 0 Å². The van der Waals surface area contributed by atoms with Crippen molar-refractivity contribution in [3.8, 4) is 22.9 Å². The Morgan fingerprint density at radius 2 is 1.91 bits per heavy atom. The molecule has 114 valence electrons. The summed E-state index contributed by atoms with van der Waals surface area (Å²) in [5, 5.41) is 9.50. The van der Waals surface area contributed by atoms with Gasteiger partial charge in [0.25, 0.3) is 0 Å². The molecular formula is C17H14Cl2FNO. The maximum Gasteiger partial charge on any atom is 0.130 e. The van der Waals surface area contributed by atoms with Crippen LogP contribution in [0.5, 0.6) is 5.75 Å². The van der Waals surface area contributed by atoms with Gasteiger partial charge in [0.05, 0.1) is 23.2 Å². The Morgan fingerprint density at radius 1 is 1.23 bits per heavy atom. The van der Waals surface area contributed by atoms with Crippen molar-refractivity contribution in [2.24, 2.45) is 0 Å². The fourth-order valence-electron chi connectivity index (χ4n) is 2.38. The lowest BCUT2D eigenvalue weighted by Gasteiger charge is -2.16. The Labute approximate surface area is 139 Å². The minimum Gasteiger partial charge on any atom is -0.496 e. The summed E-state index contributed by atoms with van der Waals surface area (Å²) in [7, 11) is 1.52. The maximum absolute atomic E-state index is 14.0. The van der Waals surface area contributed by atoms with E-state index in [1.807, 2.05) is 0 Å². The molecule has 0 unspecified atom stereocenters. The average Bonchev–Trinajstić information content (AvgIpc) is 2.47. The van der Waals surface area contributed by atoms with E-state index < -0.39 is 5.82 Å². The molecule has 0 fully saturated rings. The molecule has 0 saturated heterocycles. The van der Waals surface area contributed by atoms with Crippen LogP contribution in [0.15, 0.2) is 30.3 Å². The molecule has 0 saturated carbocycles. The average molecular weight is 338 g/mol. The van der Waals surface area contributed by atoms with E-state index in [0.29, 0.717) is 51.7 Å². The van der Waals surface area contributed by atoms with E-state index in [2.05, 4.69) is 6.07 Å². The molecule has 0 aliphatic carbocycles. The van der Waals surface area contributed by atoms with Crippen molar-refractivity contribution in [2.75, 3.05) is 7.11 Å². The van der Waals surface area contributed by atoms with Gasteiger partial charge < -0.3 is 4.74 Å². The first-order valence-electron chi connectivity index (χ1n) is 6.76. The highest BCUT2D eigenvalue weighted by molar-refractivity contribution is 6.39. The minimum absolute atomic E-state index is 0.390. The molecule has 0 spiro atoms. The number of nitrogens with zero attached hydrogens (tertiary/aromatic N) is 1. The third kappa shape index (κ3) is 3.52. The van der Waals surface area contributed by atoms with Crippen LogP contribution < -0.4 is 4.74 Å². The van der Waals surface area contributed by atoms with Crippen LogP contribution in [-0.4, -0.2) is 7.11 Å². The fourth-order valence-corrected chi connectivity index (χ4v) is 2.98. The second-order valence-electron chi connectivity index (χ2n) is 4.75. The summed E-state index contributed by atoms with van der Waals surface area (Å²) in [5.74, 6) is 0.146. The number of benzene rings is 2. The van der Waals surface area contributed by atoms with Crippen LogP contribution in [0.25, 0.3) is 11.1 Å². The molecule has 0 heterocycles. The molecule has 0 N–H and O–H groups in total. The number of rotatable bonds is 5. The molecule has 0 aromatic heterocycles. The molecular weight excluding hydrogens is 324 g/mol. The van der Waals surface area contributed by atoms with Crippen molar-refractivity contribution in [2.45, 2.75) is 19.3 Å². The number of halogens is 3. The summed E-state index contributed by atoms with van der Waals surface area (Å²) in [5.41, 5.74) is 1.76. The van der Waals surface area contributed by atoms with E-state index in [9.17, 15) is 4.39 Å². The number of methoxy groups -OCH3 is 1. The second kappa shape index (κ2) is 7.49. The Kier molecular flexibility index (Phi) is 5.65. The predicted molar refractivity (Wildman–Crippen MR) is 87.0 cm³/mol. The largest absolute Gasteiger partial charge is 0.496 e. The zero-order valence-corrected chi connectivity index (χ0v) is 13.5. The van der Waals surface area contributed by atoms with Crippen molar-refractivity contribution >= 4 is 23.2 Å². The van der Waals surface area contributed by atoms with Crippen LogP contribution in [0, 0.1) is 17.1 Å². The van der Waals surface area contributed by atoms with Gasteiger partial charge in [0.2, 0.25) is 0 Å². The van der Waals surface area contributed by atoms with Gasteiger partial charge in [-0.25, -0.2) is 4.39 Å². The van der Waals surface area contributed by atoms with E-state index in [4.69, 9.17) is 33.2 Å². The van der Waals surface area contributed by atoms with Crippen LogP contribution in [0.2, 0.25) is 10.0 Å². The molecule has 22 heavy (non-hydrogen) atoms. The molecule has 5 heteroatoms. The van der Waals surface area contributed by atoms with E-state index in [1.165, 1.54) is 19.2 Å². The maximum atomic E-state index is 14.0. The molecule has 2 aromatic carbocycles. The molecule has 2 rings (SSSR count). The number of hydrogen-bond donors (Lipinski definition) is 0. The third-order valence-electron chi connectivity index (χ3n) is 3.30. The lowest BCUT2D eigenvalue weighted by molar-refractivity contribution is 0.409. The number of ether oxygens (including phenoxy) is 1. The minimum atomic E-state index is -0.390. The van der Waals surface area contributed by atoms with Gasteiger partial charge in [0, 0.05) is 17.5 Å². The summed E-state index contributed by atoms with van der Waals surface area (Å²) in [6, 6.07) is 9.98. The molecule has 0 aliphatic rings. The molecule has 2 aromatic rings. The summed E-state index contributed by atoms with van der Waals surface area (Å²) in [6.07, 6.45) is 1.58. The van der Waals surface area contributed by atoms with Crippen molar-refractivity contribution < 1.29 is 9.13 Å². The summed E-state index contributed by atoms with van der Waals surface area (Å²) >= 11 is 12.4. The van der Waals surface area contributed by atoms with Crippen LogP contribution in [-0.2, 0) is 6.42 Å². The highest BCUT2D eigenvalue weighted by Gasteiger charge is 2.18. The van der Waals surface area contributed by atoms with Crippen LogP contribution >= 0.6 is 23.2 Å². The topological polar surface area (TPSA) is 33.0 Å². The van der Waals surface area contributed by atoms with Gasteiger partial charge in [-0.05, 0) is 42.7 Å². The predicted octanol–water partition coefficient (Wildman–Crippen LogP) is 5.65. The number of hydrogen-bond acceptors (Lipinski definition) is 2. The first-order chi connectivity index (χ1) is 10.6. The molecule has 0 aliphatic heterocycles. The normalized spacial score (nSPS) is 10.3. The van der Waals surface area contributed by atoms with Gasteiger partial charge in [-0.1, -0.05) is 29.3 Å². The lowest BCUT2D eigenvalue weighted by atomic mass is 9.98. The van der Waals surface area contributed by atoms with Crippen LogP contribution in [0.4, 0.5) is 4.39 Å². The highest BCUT2D eigenvalue weighted by atomic mass is 35.5. The zero-order chi connectivity index (χ0) is 16.1. The Morgan fingerprint density at radius 3 is 2.50 bits per heavy atom. The van der Waals surface area contributed by atoms with E-state index in [1.54, 1.807) is 18.2 Å². The van der Waals surface area contributed by atoms with Gasteiger partial charge in [-0.3, -0.25) is 0 Å². The first kappa shape index (κ1) is 16.6. The number of unbranched alkanes of at least 4 members (excludes halogenated alkanes) is 1. The summed E-state index contributed by atoms with van der Waals surface area (Å²) in [6.45, 7) is 0. The van der Waals surface area contributed by atoms with Crippen LogP contribution in [0.1, 0.15) is 18.4 Å². The van der Waals surface area contributed by atoms with Gasteiger partial charge in [-0.2, -0.15) is 5.26 Å². The molecule has 2 nitrogen and oxygen atoms in total. The Balaban J connectivity index is 2.58. The zero-order valence-electron chi connectivity index (χ0n) is 12.0. The number of aryl methyl sites for hydroxylation is 1. The highest BCUT2D eigenvalue weighted by Crippen LogP contribution is 2.42. The van der Waals surface area contributed by atoms with Crippen molar-refractivity contribution in [3.63, 3.8) is 0 Å². The number of nitriles is 1. The molecule has 0 atom stereocenters. The smallest absolute Gasteiger partial charge is 0.130 e. The fraction of sp³-hybridized carbons (Fsp3) is 0.235. The summed E-state index contributed by atoms with van der Waals surface area (Å²) < 4.78 is 19.5.